The van der Waals surface area contributed by atoms with Gasteiger partial charge in [0.2, 0.25) is 0 Å². The first kappa shape index (κ1) is 23.8. The topological polar surface area (TPSA) is 45.1 Å². The number of nitrogens with zero attached hydrogens (tertiary/aromatic N) is 3. The van der Waals surface area contributed by atoms with Gasteiger partial charge < -0.3 is 14.5 Å². The normalized spacial score (nSPS) is 17.4. The number of fused-ring (bicyclic) bond motifs is 3. The molecule has 3 aromatic carbocycles. The van der Waals surface area contributed by atoms with Crippen molar-refractivity contribution in [1.82, 2.24) is 9.80 Å². The van der Waals surface area contributed by atoms with Gasteiger partial charge in [0.15, 0.2) is 12.0 Å². The van der Waals surface area contributed by atoms with E-state index in [2.05, 4.69) is 70.5 Å². The zero-order valence-electron chi connectivity index (χ0n) is 21.4. The lowest BCUT2D eigenvalue weighted by atomic mass is 9.98. The molecule has 5 nitrogen and oxygen atoms in total. The smallest absolute Gasteiger partial charge is 0.331 e. The summed E-state index contributed by atoms with van der Waals surface area (Å²) in [5, 5.41) is 0. The van der Waals surface area contributed by atoms with E-state index in [0.29, 0.717) is 13.0 Å². The van der Waals surface area contributed by atoms with Crippen LogP contribution in [0, 0.1) is 0 Å². The predicted octanol–water partition coefficient (Wildman–Crippen LogP) is 5.50. The van der Waals surface area contributed by atoms with Gasteiger partial charge in [-0.1, -0.05) is 78.9 Å². The van der Waals surface area contributed by atoms with E-state index in [4.69, 9.17) is 9.73 Å². The minimum atomic E-state index is -0.564. The number of ether oxygens (including phenoxy) is 1. The van der Waals surface area contributed by atoms with E-state index in [9.17, 15) is 4.79 Å². The first-order valence-corrected chi connectivity index (χ1v) is 13.7. The number of carbonyl (C=O) groups is 1. The van der Waals surface area contributed by atoms with E-state index in [1.165, 1.54) is 47.9 Å². The molecule has 2 aliphatic heterocycles. The maximum absolute atomic E-state index is 13.7. The van der Waals surface area contributed by atoms with Gasteiger partial charge in [-0.25, -0.2) is 9.79 Å². The first-order valence-electron chi connectivity index (χ1n) is 13.7. The number of hydrogen-bond acceptors (Lipinski definition) is 3. The monoisotopic (exact) mass is 493 g/mol. The van der Waals surface area contributed by atoms with Crippen LogP contribution in [0.4, 0.5) is 0 Å². The van der Waals surface area contributed by atoms with Gasteiger partial charge in [-0.2, -0.15) is 0 Å². The minimum Gasteiger partial charge on any atom is -0.463 e. The number of hydrogen-bond donors (Lipinski definition) is 0. The fraction of sp³-hybridized carbons (Fsp3) is 0.375. The van der Waals surface area contributed by atoms with Crippen LogP contribution in [0.3, 0.4) is 0 Å². The van der Waals surface area contributed by atoms with Gasteiger partial charge in [0.05, 0.1) is 0 Å². The van der Waals surface area contributed by atoms with Crippen LogP contribution in [-0.4, -0.2) is 60.6 Å². The number of benzene rings is 3. The minimum absolute atomic E-state index is 0.0503. The van der Waals surface area contributed by atoms with Crippen LogP contribution in [0.15, 0.2) is 83.9 Å². The number of guanidine groups is 1. The third kappa shape index (κ3) is 5.00. The Hall–Kier alpha value is -3.60. The Balaban J connectivity index is 1.27. The highest BCUT2D eigenvalue weighted by Crippen LogP contribution is 2.44. The molecule has 1 aliphatic carbocycles. The van der Waals surface area contributed by atoms with Crippen molar-refractivity contribution in [2.45, 2.75) is 44.1 Å². The molecule has 3 aliphatic rings. The first-order chi connectivity index (χ1) is 18.3. The Morgan fingerprint density at radius 2 is 1.27 bits per heavy atom. The molecule has 2 saturated heterocycles. The number of aliphatic imine (C=N–C) groups is 1. The molecule has 1 atom stereocenters. The lowest BCUT2D eigenvalue weighted by Crippen LogP contribution is -2.43. The summed E-state index contributed by atoms with van der Waals surface area (Å²) in [4.78, 5) is 23.6. The number of carbonyl (C=O) groups excluding carboxylic acids is 1. The molecule has 0 saturated carbocycles. The van der Waals surface area contributed by atoms with Crippen molar-refractivity contribution in [2.24, 2.45) is 4.99 Å². The quantitative estimate of drug-likeness (QED) is 0.258. The van der Waals surface area contributed by atoms with Gasteiger partial charge in [-0.05, 0) is 53.5 Å². The molecule has 0 amide bonds. The number of likely N-dealkylation sites (tertiary alicyclic amines) is 2. The highest BCUT2D eigenvalue weighted by molar-refractivity contribution is 5.86. The predicted molar refractivity (Wildman–Crippen MR) is 148 cm³/mol. The Bertz CT molecular complexity index is 1200. The molecule has 0 N–H and O–H groups in total. The molecule has 6 rings (SSSR count). The molecule has 0 unspecified atom stereocenters. The fourth-order valence-electron chi connectivity index (χ4n) is 6.06. The molecule has 190 valence electrons. The van der Waals surface area contributed by atoms with Crippen molar-refractivity contribution < 1.29 is 9.53 Å². The Morgan fingerprint density at radius 3 is 1.84 bits per heavy atom. The Morgan fingerprint density at radius 1 is 0.757 bits per heavy atom. The second-order valence-corrected chi connectivity index (χ2v) is 10.4. The van der Waals surface area contributed by atoms with Crippen molar-refractivity contribution in [3.05, 3.63) is 95.6 Å². The van der Waals surface area contributed by atoms with Crippen molar-refractivity contribution in [3.63, 3.8) is 0 Å². The van der Waals surface area contributed by atoms with E-state index < -0.39 is 6.04 Å². The molecule has 0 bridgehead atoms. The summed E-state index contributed by atoms with van der Waals surface area (Å²) >= 11 is 0. The van der Waals surface area contributed by atoms with Crippen LogP contribution < -0.4 is 0 Å². The van der Waals surface area contributed by atoms with E-state index >= 15 is 0 Å². The maximum Gasteiger partial charge on any atom is 0.331 e. The molecule has 5 heteroatoms. The summed E-state index contributed by atoms with van der Waals surface area (Å²) in [6.07, 6.45) is 5.27. The van der Waals surface area contributed by atoms with Crippen molar-refractivity contribution in [3.8, 4) is 11.1 Å². The van der Waals surface area contributed by atoms with Crippen molar-refractivity contribution in [2.75, 3.05) is 32.8 Å². The summed E-state index contributed by atoms with van der Waals surface area (Å²) < 4.78 is 6.12. The molecular weight excluding hydrogens is 458 g/mol. The number of esters is 1. The summed E-state index contributed by atoms with van der Waals surface area (Å²) in [6.45, 7) is 4.38. The molecular formula is C32H35N3O2. The molecule has 2 heterocycles. The highest BCUT2D eigenvalue weighted by Gasteiger charge is 2.32. The summed E-state index contributed by atoms with van der Waals surface area (Å²) in [5.41, 5.74) is 6.04. The summed E-state index contributed by atoms with van der Waals surface area (Å²) in [7, 11) is 0. The fourth-order valence-corrected chi connectivity index (χ4v) is 6.06. The van der Waals surface area contributed by atoms with Crippen LogP contribution in [0.2, 0.25) is 0 Å². The standard InChI is InChI=1S/C32H35N3O2/c36-31(37-23-29-27-16-6-4-14-25(27)26-15-5-7-17-28(26)29)30(22-24-12-2-1-3-13-24)33-32(34-18-8-9-19-34)35-20-10-11-21-35/h1-7,12-17,29-30H,8-11,18-23H2/t30-/m0/s1. The van der Waals surface area contributed by atoms with Gasteiger partial charge in [0.1, 0.15) is 6.61 Å². The van der Waals surface area contributed by atoms with Crippen LogP contribution in [-0.2, 0) is 16.0 Å². The van der Waals surface area contributed by atoms with E-state index in [0.717, 1.165) is 37.7 Å². The zero-order chi connectivity index (χ0) is 25.0. The Labute approximate surface area is 219 Å². The van der Waals surface area contributed by atoms with Gasteiger partial charge in [0, 0.05) is 38.5 Å². The maximum atomic E-state index is 13.7. The largest absolute Gasteiger partial charge is 0.463 e. The van der Waals surface area contributed by atoms with E-state index in [1.807, 2.05) is 18.2 Å². The molecule has 0 radical (unpaired) electrons. The van der Waals surface area contributed by atoms with Crippen molar-refractivity contribution in [1.29, 1.82) is 0 Å². The highest BCUT2D eigenvalue weighted by atomic mass is 16.5. The van der Waals surface area contributed by atoms with Gasteiger partial charge >= 0.3 is 5.97 Å². The molecule has 2 fully saturated rings. The number of rotatable bonds is 6. The lowest BCUT2D eigenvalue weighted by molar-refractivity contribution is -0.145. The average Bonchev–Trinajstić information content (AvgIpc) is 3.72. The average molecular weight is 494 g/mol. The molecule has 37 heavy (non-hydrogen) atoms. The SMILES string of the molecule is O=C(OCC1c2ccccc2-c2ccccc21)[C@H](Cc1ccccc1)N=C(N1CCCC1)N1CCCC1. The van der Waals surface area contributed by atoms with Crippen LogP contribution >= 0.6 is 0 Å². The molecule has 0 aromatic heterocycles. The Kier molecular flexibility index (Phi) is 6.94. The lowest BCUT2D eigenvalue weighted by Gasteiger charge is -2.30. The third-order valence-electron chi connectivity index (χ3n) is 7.95. The van der Waals surface area contributed by atoms with Gasteiger partial charge in [0.25, 0.3) is 0 Å². The van der Waals surface area contributed by atoms with Crippen LogP contribution in [0.5, 0.6) is 0 Å². The van der Waals surface area contributed by atoms with E-state index in [1.54, 1.807) is 0 Å². The van der Waals surface area contributed by atoms with Crippen LogP contribution in [0.1, 0.15) is 48.3 Å². The second-order valence-electron chi connectivity index (χ2n) is 10.4. The van der Waals surface area contributed by atoms with Gasteiger partial charge in [-0.15, -0.1) is 0 Å². The molecule has 0 spiro atoms. The molecule has 3 aromatic rings. The van der Waals surface area contributed by atoms with E-state index in [-0.39, 0.29) is 11.9 Å². The summed E-state index contributed by atoms with van der Waals surface area (Å²) in [6, 6.07) is 26.6. The van der Waals surface area contributed by atoms with Crippen LogP contribution in [0.25, 0.3) is 11.1 Å². The van der Waals surface area contributed by atoms with Crippen molar-refractivity contribution >= 4 is 11.9 Å². The van der Waals surface area contributed by atoms with Gasteiger partial charge in [-0.3, -0.25) is 0 Å². The third-order valence-corrected chi connectivity index (χ3v) is 7.95. The second kappa shape index (κ2) is 10.8. The zero-order valence-corrected chi connectivity index (χ0v) is 21.4. The summed E-state index contributed by atoms with van der Waals surface area (Å²) in [5.74, 6) is 0.806.